The Labute approximate surface area is 262 Å². The van der Waals surface area contributed by atoms with Crippen LogP contribution in [0.4, 0.5) is 0 Å². The molecule has 0 amide bonds. The molecule has 6 rings (SSSR count). The zero-order valence-electron chi connectivity index (χ0n) is 29.4. The maximum absolute atomic E-state index is 12.3. The highest BCUT2D eigenvalue weighted by molar-refractivity contribution is 5.71. The Morgan fingerprint density at radius 1 is 0.907 bits per heavy atom. The number of hydrogen-bond donors (Lipinski definition) is 0. The van der Waals surface area contributed by atoms with Gasteiger partial charge in [0.25, 0.3) is 0 Å². The van der Waals surface area contributed by atoms with E-state index in [4.69, 9.17) is 18.9 Å². The topological polar surface area (TPSA) is 54.0 Å². The van der Waals surface area contributed by atoms with Gasteiger partial charge < -0.3 is 18.9 Å². The fourth-order valence-corrected chi connectivity index (χ4v) is 12.2. The smallest absolute Gasteiger partial charge is 0.310 e. The fourth-order valence-electron chi connectivity index (χ4n) is 12.2. The largest absolute Gasteiger partial charge is 0.469 e. The van der Waals surface area contributed by atoms with Crippen molar-refractivity contribution in [1.29, 1.82) is 0 Å². The van der Waals surface area contributed by atoms with Crippen molar-refractivity contribution in [1.82, 2.24) is 0 Å². The van der Waals surface area contributed by atoms with Gasteiger partial charge in [0, 0.05) is 11.8 Å². The van der Waals surface area contributed by atoms with Crippen LogP contribution in [0, 0.1) is 56.2 Å². The summed E-state index contributed by atoms with van der Waals surface area (Å²) in [4.78, 5) is 12.3. The molecule has 5 aliphatic carbocycles. The maximum atomic E-state index is 12.3. The lowest BCUT2D eigenvalue weighted by molar-refractivity contribution is -0.460. The average molecular weight is 599 g/mol. The molecule has 0 aromatic carbocycles. The molecule has 1 aliphatic heterocycles. The van der Waals surface area contributed by atoms with E-state index in [1.807, 2.05) is 26.3 Å². The van der Waals surface area contributed by atoms with Crippen LogP contribution in [0.15, 0.2) is 11.6 Å². The Morgan fingerprint density at radius 2 is 1.60 bits per heavy atom. The average Bonchev–Trinajstić information content (AvgIpc) is 2.93. The lowest BCUT2D eigenvalue weighted by atomic mass is 9.33. The van der Waals surface area contributed by atoms with E-state index in [0.717, 1.165) is 18.8 Å². The van der Waals surface area contributed by atoms with Gasteiger partial charge in [-0.05, 0) is 123 Å². The van der Waals surface area contributed by atoms with Gasteiger partial charge in [-0.2, -0.15) is 0 Å². The molecule has 43 heavy (non-hydrogen) atoms. The Kier molecular flexibility index (Phi) is 7.30. The molecule has 10 atom stereocenters. The number of carbonyl (C=O) groups excluding carboxylic acids is 1. The molecule has 0 N–H and O–H groups in total. The van der Waals surface area contributed by atoms with Crippen LogP contribution in [0.3, 0.4) is 0 Å². The van der Waals surface area contributed by atoms with E-state index in [1.54, 1.807) is 0 Å². The van der Waals surface area contributed by atoms with Gasteiger partial charge in [-0.15, -0.1) is 0 Å². The second-order valence-corrected chi connectivity index (χ2v) is 18.6. The molecule has 0 aromatic heterocycles. The van der Waals surface area contributed by atoms with Crippen LogP contribution in [-0.2, 0) is 23.7 Å². The molecule has 0 spiro atoms. The summed E-state index contributed by atoms with van der Waals surface area (Å²) in [6.07, 6.45) is 15.1. The van der Waals surface area contributed by atoms with Gasteiger partial charge >= 0.3 is 5.97 Å². The van der Waals surface area contributed by atoms with Gasteiger partial charge in [-0.25, -0.2) is 0 Å². The molecule has 6 aliphatic rings. The third kappa shape index (κ3) is 4.43. The van der Waals surface area contributed by atoms with E-state index >= 15 is 0 Å². The standard InChI is InChI=1S/C38H62O5/c1-25(30(39)40-11)23-41-38-21-19-34(7)28-13-12-26-27-22-31(2,3)16-17-33(27,6)18-20-35(26,8)36(28,9)15-14-29(34)37(38,10)24-42-32(4,5)43-38/h12,25,27-29H,13-24H2,1-11H3/t25?,27-,28-,29?,33-,34-,35-,36-,37+,38?/m1/s1. The van der Waals surface area contributed by atoms with E-state index in [-0.39, 0.29) is 33.5 Å². The van der Waals surface area contributed by atoms with E-state index < -0.39 is 11.6 Å². The summed E-state index contributed by atoms with van der Waals surface area (Å²) < 4.78 is 25.2. The summed E-state index contributed by atoms with van der Waals surface area (Å²) in [5, 5.41) is 0. The second kappa shape index (κ2) is 9.80. The van der Waals surface area contributed by atoms with Crippen LogP contribution < -0.4 is 0 Å². The zero-order valence-corrected chi connectivity index (χ0v) is 29.4. The van der Waals surface area contributed by atoms with Crippen molar-refractivity contribution in [3.8, 4) is 0 Å². The van der Waals surface area contributed by atoms with Crippen molar-refractivity contribution in [3.63, 3.8) is 0 Å². The molecular weight excluding hydrogens is 536 g/mol. The molecule has 0 radical (unpaired) electrons. The molecule has 4 saturated carbocycles. The first-order valence-corrected chi connectivity index (χ1v) is 17.6. The first-order chi connectivity index (χ1) is 19.8. The van der Waals surface area contributed by atoms with Crippen LogP contribution in [0.25, 0.3) is 0 Å². The number of rotatable bonds is 4. The molecule has 0 bridgehead atoms. The van der Waals surface area contributed by atoms with Crippen molar-refractivity contribution in [2.45, 2.75) is 145 Å². The number of hydrogen-bond acceptors (Lipinski definition) is 5. The van der Waals surface area contributed by atoms with Gasteiger partial charge in [0.1, 0.15) is 0 Å². The molecule has 0 aromatic rings. The van der Waals surface area contributed by atoms with E-state index in [0.29, 0.717) is 35.9 Å². The first-order valence-electron chi connectivity index (χ1n) is 17.6. The van der Waals surface area contributed by atoms with Crippen molar-refractivity contribution >= 4 is 5.97 Å². The first kappa shape index (κ1) is 32.0. The number of fused-ring (bicyclic) bond motifs is 9. The Bertz CT molecular complexity index is 1170. The predicted octanol–water partition coefficient (Wildman–Crippen LogP) is 9.09. The lowest BCUT2D eigenvalue weighted by Gasteiger charge is -2.73. The lowest BCUT2D eigenvalue weighted by Crippen LogP contribution is -2.72. The normalized spacial score (nSPS) is 50.5. The molecule has 5 heteroatoms. The van der Waals surface area contributed by atoms with Crippen molar-refractivity contribution in [2.24, 2.45) is 56.2 Å². The fraction of sp³-hybridized carbons (Fsp3) is 0.921. The zero-order chi connectivity index (χ0) is 31.5. The highest BCUT2D eigenvalue weighted by Crippen LogP contribution is 2.77. The van der Waals surface area contributed by atoms with Crippen molar-refractivity contribution in [3.05, 3.63) is 11.6 Å². The summed E-state index contributed by atoms with van der Waals surface area (Å²) in [5.74, 6) is -0.337. The number of allylic oxidation sites excluding steroid dienone is 2. The van der Waals surface area contributed by atoms with Gasteiger partial charge in [-0.3, -0.25) is 4.79 Å². The second-order valence-electron chi connectivity index (χ2n) is 18.6. The highest BCUT2D eigenvalue weighted by atomic mass is 16.8. The third-order valence-corrected chi connectivity index (χ3v) is 15.3. The van der Waals surface area contributed by atoms with E-state index in [1.165, 1.54) is 58.5 Å². The Morgan fingerprint density at radius 3 is 2.30 bits per heavy atom. The number of ether oxygens (including phenoxy) is 4. The summed E-state index contributed by atoms with van der Waals surface area (Å²) in [5.41, 5.74) is 3.11. The van der Waals surface area contributed by atoms with Crippen LogP contribution in [-0.4, -0.2) is 37.9 Å². The van der Waals surface area contributed by atoms with E-state index in [2.05, 4.69) is 54.5 Å². The minimum absolute atomic E-state index is 0.161. The number of methoxy groups -OCH3 is 1. The van der Waals surface area contributed by atoms with Crippen LogP contribution in [0.5, 0.6) is 0 Å². The molecule has 5 fully saturated rings. The van der Waals surface area contributed by atoms with Crippen molar-refractivity contribution in [2.75, 3.05) is 20.3 Å². The van der Waals surface area contributed by atoms with Crippen LogP contribution >= 0.6 is 0 Å². The number of carbonyl (C=O) groups is 1. The van der Waals surface area contributed by atoms with Crippen LogP contribution in [0.1, 0.15) is 133 Å². The van der Waals surface area contributed by atoms with Gasteiger partial charge in [0.2, 0.25) is 0 Å². The predicted molar refractivity (Wildman–Crippen MR) is 170 cm³/mol. The summed E-state index contributed by atoms with van der Waals surface area (Å²) in [6.45, 7) is 24.8. The minimum atomic E-state index is -0.783. The molecule has 1 saturated heterocycles. The third-order valence-electron chi connectivity index (χ3n) is 15.3. The Hall–Kier alpha value is -0.910. The monoisotopic (exact) mass is 598 g/mol. The summed E-state index contributed by atoms with van der Waals surface area (Å²) in [7, 11) is 1.45. The van der Waals surface area contributed by atoms with Crippen molar-refractivity contribution < 1.29 is 23.7 Å². The SMILES string of the molecule is COC(=O)C(C)COC12CC[C@@]3(C)C(CC[C@]4(C)[C@@H]3CC=C3[C@H]5CC(C)(C)CC[C@]5(C)CC[C@]34C)[C@]1(C)COC(C)(C)O2. The van der Waals surface area contributed by atoms with Gasteiger partial charge in [0.05, 0.1) is 26.2 Å². The summed E-state index contributed by atoms with van der Waals surface area (Å²) >= 11 is 0. The maximum Gasteiger partial charge on any atom is 0.310 e. The van der Waals surface area contributed by atoms with E-state index in [9.17, 15) is 4.79 Å². The molecule has 1 heterocycles. The highest BCUT2D eigenvalue weighted by Gasteiger charge is 2.73. The minimum Gasteiger partial charge on any atom is -0.469 e. The molecule has 3 unspecified atom stereocenters. The Balaban J connectivity index is 1.36. The molecular formula is C38H62O5. The number of esters is 1. The van der Waals surface area contributed by atoms with Crippen LogP contribution in [0.2, 0.25) is 0 Å². The van der Waals surface area contributed by atoms with Gasteiger partial charge in [0.15, 0.2) is 11.6 Å². The van der Waals surface area contributed by atoms with Gasteiger partial charge in [-0.1, -0.05) is 60.1 Å². The molecule has 5 nitrogen and oxygen atoms in total. The molecule has 244 valence electrons. The quantitative estimate of drug-likeness (QED) is 0.239. The summed E-state index contributed by atoms with van der Waals surface area (Å²) in [6, 6.07) is 0.